The van der Waals surface area contributed by atoms with Gasteiger partial charge in [-0.25, -0.2) is 4.98 Å². The highest BCUT2D eigenvalue weighted by atomic mass is 32.1. The number of aromatic nitrogens is 1. The number of carbonyl (C=O) groups is 1. The van der Waals surface area contributed by atoms with Crippen LogP contribution in [0.4, 0.5) is 10.8 Å². The molecule has 0 aliphatic carbocycles. The summed E-state index contributed by atoms with van der Waals surface area (Å²) in [7, 11) is 3.28. The smallest absolute Gasteiger partial charge is 0.270 e. The van der Waals surface area contributed by atoms with E-state index in [-0.39, 0.29) is 5.91 Å². The zero-order chi connectivity index (χ0) is 18.4. The minimum atomic E-state index is -0.151. The van der Waals surface area contributed by atoms with E-state index in [1.165, 1.54) is 17.0 Å². The molecule has 26 heavy (non-hydrogen) atoms. The number of benzene rings is 1. The van der Waals surface area contributed by atoms with E-state index in [1.807, 2.05) is 17.5 Å². The van der Waals surface area contributed by atoms with Crippen LogP contribution in [0.15, 0.2) is 29.6 Å². The number of thiazole rings is 1. The van der Waals surface area contributed by atoms with Gasteiger partial charge in [-0.05, 0) is 24.3 Å². The zero-order valence-electron chi connectivity index (χ0n) is 15.1. The van der Waals surface area contributed by atoms with Crippen molar-refractivity contribution in [1.29, 1.82) is 0 Å². The third-order valence-electron chi connectivity index (χ3n) is 4.30. The molecule has 0 bridgehead atoms. The lowest BCUT2D eigenvalue weighted by molar-refractivity contribution is 0.0933. The topological polar surface area (TPSA) is 66.9 Å². The first kappa shape index (κ1) is 18.5. The summed E-state index contributed by atoms with van der Waals surface area (Å²) < 4.78 is 10.1. The van der Waals surface area contributed by atoms with Gasteiger partial charge in [0.2, 0.25) is 0 Å². The Hall–Kier alpha value is -2.32. The van der Waals surface area contributed by atoms with E-state index in [1.54, 1.807) is 14.2 Å². The molecule has 8 heteroatoms. The highest BCUT2D eigenvalue weighted by molar-refractivity contribution is 7.13. The maximum Gasteiger partial charge on any atom is 0.270 e. The molecule has 0 unspecified atom stereocenters. The van der Waals surface area contributed by atoms with Crippen LogP contribution in [0.2, 0.25) is 0 Å². The van der Waals surface area contributed by atoms with Crippen molar-refractivity contribution in [1.82, 2.24) is 10.3 Å². The molecule has 2 heterocycles. The predicted molar refractivity (Wildman–Crippen MR) is 104 cm³/mol. The number of amides is 1. The maximum absolute atomic E-state index is 12.0. The third kappa shape index (κ3) is 4.44. The quantitative estimate of drug-likeness (QED) is 0.744. The van der Waals surface area contributed by atoms with Crippen molar-refractivity contribution in [3.63, 3.8) is 0 Å². The Morgan fingerprint density at radius 2 is 1.85 bits per heavy atom. The van der Waals surface area contributed by atoms with Gasteiger partial charge in [0.05, 0.1) is 13.7 Å². The van der Waals surface area contributed by atoms with Gasteiger partial charge in [-0.1, -0.05) is 0 Å². The van der Waals surface area contributed by atoms with Gasteiger partial charge in [0, 0.05) is 50.9 Å². The number of piperazine rings is 1. The molecular formula is C18H24N4O3S. The lowest BCUT2D eigenvalue weighted by atomic mass is 10.2. The Labute approximate surface area is 157 Å². The normalized spacial score (nSPS) is 14.4. The largest absolute Gasteiger partial charge is 0.497 e. The number of ether oxygens (including phenoxy) is 2. The predicted octanol–water partition coefficient (Wildman–Crippen LogP) is 1.85. The van der Waals surface area contributed by atoms with Crippen molar-refractivity contribution in [3.05, 3.63) is 35.3 Å². The van der Waals surface area contributed by atoms with E-state index in [9.17, 15) is 4.79 Å². The van der Waals surface area contributed by atoms with Gasteiger partial charge in [0.1, 0.15) is 11.4 Å². The average molecular weight is 376 g/mol. The number of rotatable bonds is 7. The number of methoxy groups -OCH3 is 2. The second-order valence-electron chi connectivity index (χ2n) is 5.94. The lowest BCUT2D eigenvalue weighted by Gasteiger charge is -2.36. The number of nitrogens with zero attached hydrogens (tertiary/aromatic N) is 3. The van der Waals surface area contributed by atoms with Gasteiger partial charge >= 0.3 is 0 Å². The van der Waals surface area contributed by atoms with Crippen LogP contribution in [0.25, 0.3) is 0 Å². The molecule has 0 saturated carbocycles. The maximum atomic E-state index is 12.0. The van der Waals surface area contributed by atoms with Crippen LogP contribution in [0, 0.1) is 0 Å². The average Bonchev–Trinajstić information content (AvgIpc) is 3.19. The zero-order valence-corrected chi connectivity index (χ0v) is 15.9. The van der Waals surface area contributed by atoms with E-state index in [4.69, 9.17) is 9.47 Å². The fourth-order valence-corrected chi connectivity index (χ4v) is 3.68. The van der Waals surface area contributed by atoms with Crippen LogP contribution in [-0.2, 0) is 4.74 Å². The summed E-state index contributed by atoms with van der Waals surface area (Å²) in [5, 5.41) is 5.51. The molecular weight excluding hydrogens is 352 g/mol. The minimum Gasteiger partial charge on any atom is -0.497 e. The molecule has 0 radical (unpaired) electrons. The molecule has 1 N–H and O–H groups in total. The van der Waals surface area contributed by atoms with Crippen molar-refractivity contribution >= 4 is 28.1 Å². The van der Waals surface area contributed by atoms with Crippen LogP contribution in [0.3, 0.4) is 0 Å². The summed E-state index contributed by atoms with van der Waals surface area (Å²) in [4.78, 5) is 21.1. The van der Waals surface area contributed by atoms with Crippen LogP contribution in [0.5, 0.6) is 5.75 Å². The number of hydrogen-bond acceptors (Lipinski definition) is 7. The molecule has 3 rings (SSSR count). The van der Waals surface area contributed by atoms with Crippen molar-refractivity contribution < 1.29 is 14.3 Å². The lowest BCUT2D eigenvalue weighted by Crippen LogP contribution is -2.46. The second kappa shape index (κ2) is 8.86. The molecule has 2 aromatic rings. The van der Waals surface area contributed by atoms with Crippen LogP contribution in [-0.4, -0.2) is 64.4 Å². The first-order valence-electron chi connectivity index (χ1n) is 8.58. The first-order valence-corrected chi connectivity index (χ1v) is 9.46. The Morgan fingerprint density at radius 1 is 1.15 bits per heavy atom. The number of carbonyl (C=O) groups excluding carboxylic acids is 1. The van der Waals surface area contributed by atoms with Crippen LogP contribution in [0.1, 0.15) is 10.5 Å². The molecule has 1 aromatic heterocycles. The fraction of sp³-hybridized carbons (Fsp3) is 0.444. The van der Waals surface area contributed by atoms with Gasteiger partial charge in [0.15, 0.2) is 5.13 Å². The molecule has 1 fully saturated rings. The van der Waals surface area contributed by atoms with Crippen LogP contribution >= 0.6 is 11.3 Å². The molecule has 7 nitrogen and oxygen atoms in total. The Bertz CT molecular complexity index is 711. The van der Waals surface area contributed by atoms with Gasteiger partial charge < -0.3 is 24.6 Å². The second-order valence-corrected chi connectivity index (χ2v) is 6.77. The molecule has 1 aliphatic heterocycles. The molecule has 1 aliphatic rings. The minimum absolute atomic E-state index is 0.151. The summed E-state index contributed by atoms with van der Waals surface area (Å²) in [6.45, 7) is 4.58. The monoisotopic (exact) mass is 376 g/mol. The van der Waals surface area contributed by atoms with Crippen molar-refractivity contribution in [2.24, 2.45) is 0 Å². The molecule has 0 atom stereocenters. The number of nitrogens with one attached hydrogen (secondary N) is 1. The summed E-state index contributed by atoms with van der Waals surface area (Å²) in [6.07, 6.45) is 0. The SMILES string of the molecule is COCCNC(=O)c1csc(N2CCN(c3ccc(OC)cc3)CC2)n1. The van der Waals surface area contributed by atoms with Gasteiger partial charge in [-0.2, -0.15) is 0 Å². The summed E-state index contributed by atoms with van der Waals surface area (Å²) in [6, 6.07) is 8.13. The standard InChI is InChI=1S/C18H24N4O3S/c1-24-12-7-19-17(23)16-13-26-18(20-16)22-10-8-21(9-11-22)14-3-5-15(25-2)6-4-14/h3-6,13H,7-12H2,1-2H3,(H,19,23). The van der Waals surface area contributed by atoms with E-state index < -0.39 is 0 Å². The Kier molecular flexibility index (Phi) is 6.30. The van der Waals surface area contributed by atoms with Gasteiger partial charge in [-0.3, -0.25) is 4.79 Å². The molecule has 1 aromatic carbocycles. The number of anilines is 2. The molecule has 1 amide bonds. The van der Waals surface area contributed by atoms with E-state index in [2.05, 4.69) is 32.2 Å². The highest BCUT2D eigenvalue weighted by Crippen LogP contribution is 2.25. The van der Waals surface area contributed by atoms with E-state index >= 15 is 0 Å². The molecule has 0 spiro atoms. The van der Waals surface area contributed by atoms with Crippen molar-refractivity contribution in [3.8, 4) is 5.75 Å². The first-order chi connectivity index (χ1) is 12.7. The summed E-state index contributed by atoms with van der Waals surface area (Å²) in [5.74, 6) is 0.716. The Morgan fingerprint density at radius 3 is 2.50 bits per heavy atom. The van der Waals surface area contributed by atoms with Gasteiger partial charge in [0.25, 0.3) is 5.91 Å². The van der Waals surface area contributed by atoms with Gasteiger partial charge in [-0.15, -0.1) is 11.3 Å². The Balaban J connectivity index is 1.54. The van der Waals surface area contributed by atoms with Crippen LogP contribution < -0.4 is 19.9 Å². The summed E-state index contributed by atoms with van der Waals surface area (Å²) in [5.41, 5.74) is 1.67. The summed E-state index contributed by atoms with van der Waals surface area (Å²) >= 11 is 1.51. The van der Waals surface area contributed by atoms with E-state index in [0.29, 0.717) is 18.8 Å². The van der Waals surface area contributed by atoms with Crippen molar-refractivity contribution in [2.75, 3.05) is 63.4 Å². The fourth-order valence-electron chi connectivity index (χ4n) is 2.82. The molecule has 140 valence electrons. The third-order valence-corrected chi connectivity index (χ3v) is 5.21. The van der Waals surface area contributed by atoms with E-state index in [0.717, 1.165) is 37.1 Å². The molecule has 1 saturated heterocycles. The highest BCUT2D eigenvalue weighted by Gasteiger charge is 2.21. The number of hydrogen-bond donors (Lipinski definition) is 1. The van der Waals surface area contributed by atoms with Crippen molar-refractivity contribution in [2.45, 2.75) is 0 Å².